The summed E-state index contributed by atoms with van der Waals surface area (Å²) in [5.41, 5.74) is 2.17. The van der Waals surface area contributed by atoms with E-state index in [4.69, 9.17) is 11.6 Å². The molecule has 1 aliphatic rings. The molecule has 2 aromatic carbocycles. The number of carbonyl (C=O) groups is 1. The molecule has 1 atom stereocenters. The molecule has 0 radical (unpaired) electrons. The van der Waals surface area contributed by atoms with Gasteiger partial charge in [-0.05, 0) is 41.8 Å². The van der Waals surface area contributed by atoms with Crippen LogP contribution < -0.4 is 0 Å². The molecule has 0 saturated carbocycles. The number of rotatable bonds is 4. The zero-order valence-corrected chi connectivity index (χ0v) is 13.5. The van der Waals surface area contributed by atoms with E-state index < -0.39 is 0 Å². The van der Waals surface area contributed by atoms with Crippen LogP contribution in [0.5, 0.6) is 5.75 Å². The van der Waals surface area contributed by atoms with Gasteiger partial charge in [0.15, 0.2) is 0 Å². The highest BCUT2D eigenvalue weighted by atomic mass is 35.5. The van der Waals surface area contributed by atoms with Gasteiger partial charge in [-0.25, -0.2) is 0 Å². The molecule has 1 N–H and O–H groups in total. The Balaban J connectivity index is 1.72. The average molecular weight is 334 g/mol. The van der Waals surface area contributed by atoms with Gasteiger partial charge in [0.2, 0.25) is 5.91 Å². The van der Waals surface area contributed by atoms with E-state index in [-0.39, 0.29) is 17.0 Å². The van der Waals surface area contributed by atoms with E-state index in [1.165, 1.54) is 0 Å². The van der Waals surface area contributed by atoms with Gasteiger partial charge in [-0.3, -0.25) is 4.79 Å². The molecule has 1 unspecified atom stereocenters. The Hall–Kier alpha value is -1.65. The molecule has 3 nitrogen and oxygen atoms in total. The maximum atomic E-state index is 12.2. The second kappa shape index (κ2) is 6.63. The Kier molecular flexibility index (Phi) is 4.60. The maximum absolute atomic E-state index is 12.2. The second-order valence-electron chi connectivity index (χ2n) is 5.22. The molecule has 1 saturated heterocycles. The fourth-order valence-electron chi connectivity index (χ4n) is 2.54. The van der Waals surface area contributed by atoms with Crippen molar-refractivity contribution in [1.82, 2.24) is 4.90 Å². The Labute approximate surface area is 138 Å². The molecule has 1 aliphatic heterocycles. The van der Waals surface area contributed by atoms with Crippen molar-refractivity contribution in [2.75, 3.05) is 12.3 Å². The van der Waals surface area contributed by atoms with Crippen molar-refractivity contribution in [1.29, 1.82) is 0 Å². The van der Waals surface area contributed by atoms with Crippen LogP contribution in [0, 0.1) is 0 Å². The summed E-state index contributed by atoms with van der Waals surface area (Å²) < 4.78 is 0. The summed E-state index contributed by atoms with van der Waals surface area (Å²) in [7, 11) is 0. The highest BCUT2D eigenvalue weighted by Crippen LogP contribution is 2.39. The molecule has 1 fully saturated rings. The van der Waals surface area contributed by atoms with Crippen LogP contribution in [0.3, 0.4) is 0 Å². The van der Waals surface area contributed by atoms with Gasteiger partial charge in [0.05, 0.1) is 5.75 Å². The summed E-state index contributed by atoms with van der Waals surface area (Å²) >= 11 is 7.69. The number of hydrogen-bond acceptors (Lipinski definition) is 3. The summed E-state index contributed by atoms with van der Waals surface area (Å²) in [6.07, 6.45) is 0.768. The molecule has 1 heterocycles. The van der Waals surface area contributed by atoms with Crippen molar-refractivity contribution in [3.8, 4) is 5.75 Å². The van der Waals surface area contributed by atoms with Gasteiger partial charge in [0.25, 0.3) is 0 Å². The topological polar surface area (TPSA) is 40.5 Å². The summed E-state index contributed by atoms with van der Waals surface area (Å²) in [6, 6.07) is 14.8. The predicted octanol–water partition coefficient (Wildman–Crippen LogP) is 3.86. The molecule has 0 bridgehead atoms. The summed E-state index contributed by atoms with van der Waals surface area (Å²) in [4.78, 5) is 14.1. The second-order valence-corrected chi connectivity index (χ2v) is 6.73. The minimum atomic E-state index is 0.0308. The van der Waals surface area contributed by atoms with Gasteiger partial charge < -0.3 is 10.0 Å². The first-order chi connectivity index (χ1) is 10.6. The fourth-order valence-corrected chi connectivity index (χ4v) is 3.95. The summed E-state index contributed by atoms with van der Waals surface area (Å²) in [6.45, 7) is 0.661. The number of phenolic OH excluding ortho intramolecular Hbond substituents is 1. The minimum Gasteiger partial charge on any atom is -0.508 e. The molecule has 0 aromatic heterocycles. The number of phenols is 1. The molecular formula is C17H16ClNO2S. The van der Waals surface area contributed by atoms with Gasteiger partial charge >= 0.3 is 0 Å². The van der Waals surface area contributed by atoms with E-state index in [1.807, 2.05) is 41.3 Å². The largest absolute Gasteiger partial charge is 0.508 e. The highest BCUT2D eigenvalue weighted by molar-refractivity contribution is 8.00. The van der Waals surface area contributed by atoms with Crippen molar-refractivity contribution in [3.63, 3.8) is 0 Å². The Morgan fingerprint density at radius 1 is 1.23 bits per heavy atom. The highest BCUT2D eigenvalue weighted by Gasteiger charge is 2.32. The molecule has 2 aromatic rings. The van der Waals surface area contributed by atoms with Gasteiger partial charge in [-0.15, -0.1) is 11.8 Å². The summed E-state index contributed by atoms with van der Waals surface area (Å²) in [5, 5.41) is 10.0. The predicted molar refractivity (Wildman–Crippen MR) is 90.2 cm³/mol. The Morgan fingerprint density at radius 2 is 2.00 bits per heavy atom. The molecule has 3 rings (SSSR count). The molecule has 114 valence electrons. The summed E-state index contributed by atoms with van der Waals surface area (Å²) in [5.74, 6) is 0.925. The first-order valence-corrected chi connectivity index (χ1v) is 8.50. The molecule has 5 heteroatoms. The third-order valence-corrected chi connectivity index (χ3v) is 5.17. The van der Waals surface area contributed by atoms with Crippen molar-refractivity contribution < 1.29 is 9.90 Å². The molecule has 1 amide bonds. The van der Waals surface area contributed by atoms with Crippen LogP contribution in [0.25, 0.3) is 0 Å². The van der Waals surface area contributed by atoms with Crippen LogP contribution >= 0.6 is 23.4 Å². The number of carbonyl (C=O) groups excluding carboxylic acids is 1. The molecule has 0 spiro atoms. The number of halogens is 1. The SMILES string of the molecule is O=C1CSC(c2cccc(Cl)c2)N1CCc1ccc(O)cc1. The third kappa shape index (κ3) is 3.39. The van der Waals surface area contributed by atoms with Gasteiger partial charge in [0, 0.05) is 11.6 Å². The Bertz CT molecular complexity index is 675. The van der Waals surface area contributed by atoms with E-state index in [0.29, 0.717) is 17.3 Å². The van der Waals surface area contributed by atoms with Gasteiger partial charge in [-0.1, -0.05) is 35.9 Å². The first kappa shape index (κ1) is 15.3. The van der Waals surface area contributed by atoms with E-state index >= 15 is 0 Å². The molecule has 0 aliphatic carbocycles. The van der Waals surface area contributed by atoms with Gasteiger partial charge in [-0.2, -0.15) is 0 Å². The van der Waals surface area contributed by atoms with Crippen LogP contribution in [-0.4, -0.2) is 28.2 Å². The van der Waals surface area contributed by atoms with Crippen molar-refractivity contribution >= 4 is 29.3 Å². The standard InChI is InChI=1S/C17H16ClNO2S/c18-14-3-1-2-13(10-14)17-19(16(21)11-22-17)9-8-12-4-6-15(20)7-5-12/h1-7,10,17,20H,8-9,11H2. The van der Waals surface area contributed by atoms with Gasteiger partial charge in [0.1, 0.15) is 11.1 Å². The zero-order chi connectivity index (χ0) is 15.5. The molecule has 22 heavy (non-hydrogen) atoms. The quantitative estimate of drug-likeness (QED) is 0.923. The van der Waals surface area contributed by atoms with Crippen molar-refractivity contribution in [2.45, 2.75) is 11.8 Å². The number of nitrogens with zero attached hydrogens (tertiary/aromatic N) is 1. The van der Waals surface area contributed by atoms with Crippen molar-refractivity contribution in [2.24, 2.45) is 0 Å². The molecular weight excluding hydrogens is 318 g/mol. The lowest BCUT2D eigenvalue weighted by Gasteiger charge is -2.24. The van der Waals surface area contributed by atoms with Crippen LogP contribution in [0.1, 0.15) is 16.5 Å². The van der Waals surface area contributed by atoms with E-state index in [2.05, 4.69) is 0 Å². The fraction of sp³-hybridized carbons (Fsp3) is 0.235. The normalized spacial score (nSPS) is 18.0. The van der Waals surface area contributed by atoms with E-state index in [0.717, 1.165) is 17.5 Å². The average Bonchev–Trinajstić information content (AvgIpc) is 2.88. The Morgan fingerprint density at radius 3 is 2.73 bits per heavy atom. The first-order valence-electron chi connectivity index (χ1n) is 7.08. The third-order valence-electron chi connectivity index (χ3n) is 3.68. The minimum absolute atomic E-state index is 0.0308. The van der Waals surface area contributed by atoms with Crippen LogP contribution in [-0.2, 0) is 11.2 Å². The van der Waals surface area contributed by atoms with Crippen LogP contribution in [0.2, 0.25) is 5.02 Å². The van der Waals surface area contributed by atoms with Crippen LogP contribution in [0.4, 0.5) is 0 Å². The smallest absolute Gasteiger partial charge is 0.233 e. The number of hydrogen-bond donors (Lipinski definition) is 1. The maximum Gasteiger partial charge on any atom is 0.233 e. The number of benzene rings is 2. The van der Waals surface area contributed by atoms with Crippen molar-refractivity contribution in [3.05, 3.63) is 64.7 Å². The lowest BCUT2D eigenvalue weighted by molar-refractivity contribution is -0.128. The van der Waals surface area contributed by atoms with E-state index in [9.17, 15) is 9.90 Å². The lowest BCUT2D eigenvalue weighted by Crippen LogP contribution is -2.30. The zero-order valence-electron chi connectivity index (χ0n) is 11.9. The number of amides is 1. The number of thioether (sulfide) groups is 1. The van der Waals surface area contributed by atoms with Crippen LogP contribution in [0.15, 0.2) is 48.5 Å². The number of aromatic hydroxyl groups is 1. The lowest BCUT2D eigenvalue weighted by atomic mass is 10.1. The monoisotopic (exact) mass is 333 g/mol. The van der Waals surface area contributed by atoms with E-state index in [1.54, 1.807) is 23.9 Å².